The van der Waals surface area contributed by atoms with Gasteiger partial charge >= 0.3 is 0 Å². The SMILES string of the molecule is COc1cccc(Cl)c1C(O)C1(C#N)CCS(=O)(=O)C1. The third kappa shape index (κ3) is 2.49. The highest BCUT2D eigenvalue weighted by atomic mass is 35.5. The molecule has 20 heavy (non-hydrogen) atoms. The van der Waals surface area contributed by atoms with Crippen molar-refractivity contribution in [2.45, 2.75) is 12.5 Å². The summed E-state index contributed by atoms with van der Waals surface area (Å²) in [5.74, 6) is -0.139. The number of hydrogen-bond donors (Lipinski definition) is 1. The molecule has 1 aromatic carbocycles. The average molecular weight is 316 g/mol. The lowest BCUT2D eigenvalue weighted by Crippen LogP contribution is -2.29. The maximum absolute atomic E-state index is 11.7. The minimum atomic E-state index is -3.32. The number of benzene rings is 1. The summed E-state index contributed by atoms with van der Waals surface area (Å²) in [5, 5.41) is 20.2. The van der Waals surface area contributed by atoms with Crippen LogP contribution in [0.2, 0.25) is 5.02 Å². The topological polar surface area (TPSA) is 87.4 Å². The Morgan fingerprint density at radius 2 is 2.25 bits per heavy atom. The van der Waals surface area contributed by atoms with Gasteiger partial charge in [0.05, 0.1) is 29.7 Å². The molecule has 2 unspecified atom stereocenters. The lowest BCUT2D eigenvalue weighted by molar-refractivity contribution is 0.0769. The van der Waals surface area contributed by atoms with E-state index >= 15 is 0 Å². The summed E-state index contributed by atoms with van der Waals surface area (Å²) in [6.07, 6.45) is -1.23. The molecule has 0 aromatic heterocycles. The molecular formula is C13H14ClNO4S. The summed E-state index contributed by atoms with van der Waals surface area (Å²) < 4.78 is 28.5. The Balaban J connectivity index is 2.51. The summed E-state index contributed by atoms with van der Waals surface area (Å²) in [6, 6.07) is 6.80. The van der Waals surface area contributed by atoms with Crippen LogP contribution < -0.4 is 4.74 Å². The molecule has 0 aliphatic carbocycles. The molecule has 2 rings (SSSR count). The molecule has 1 N–H and O–H groups in total. The van der Waals surface area contributed by atoms with Gasteiger partial charge in [0.25, 0.3) is 0 Å². The van der Waals surface area contributed by atoms with E-state index in [9.17, 15) is 18.8 Å². The maximum atomic E-state index is 11.7. The second-order valence-corrected chi connectivity index (χ2v) is 7.46. The van der Waals surface area contributed by atoms with Gasteiger partial charge in [-0.25, -0.2) is 8.42 Å². The molecule has 2 atom stereocenters. The molecule has 108 valence electrons. The van der Waals surface area contributed by atoms with E-state index in [0.29, 0.717) is 5.75 Å². The van der Waals surface area contributed by atoms with Crippen molar-refractivity contribution in [1.29, 1.82) is 5.26 Å². The van der Waals surface area contributed by atoms with Gasteiger partial charge in [-0.15, -0.1) is 0 Å². The fraction of sp³-hybridized carbons (Fsp3) is 0.462. The predicted molar refractivity (Wildman–Crippen MR) is 74.3 cm³/mol. The first-order chi connectivity index (χ1) is 9.35. The summed E-state index contributed by atoms with van der Waals surface area (Å²) in [5.41, 5.74) is -1.12. The standard InChI is InChI=1S/C13H14ClNO4S/c1-19-10-4-2-3-9(14)11(10)12(16)13(7-15)5-6-20(17,18)8-13/h2-4,12,16H,5-6,8H2,1H3. The van der Waals surface area contributed by atoms with Gasteiger partial charge in [-0.3, -0.25) is 0 Å². The number of halogens is 1. The van der Waals surface area contributed by atoms with Crippen LogP contribution in [-0.2, 0) is 9.84 Å². The Kier molecular flexibility index (Phi) is 3.96. The number of rotatable bonds is 3. The van der Waals surface area contributed by atoms with Crippen molar-refractivity contribution in [3.63, 3.8) is 0 Å². The molecule has 0 radical (unpaired) electrons. The van der Waals surface area contributed by atoms with Crippen molar-refractivity contribution in [1.82, 2.24) is 0 Å². The molecule has 1 fully saturated rings. The van der Waals surface area contributed by atoms with Crippen LogP contribution in [0.4, 0.5) is 0 Å². The van der Waals surface area contributed by atoms with Crippen LogP contribution in [-0.4, -0.2) is 32.1 Å². The van der Waals surface area contributed by atoms with Gasteiger partial charge < -0.3 is 9.84 Å². The first-order valence-corrected chi connectivity index (χ1v) is 8.17. The minimum absolute atomic E-state index is 0.0847. The van der Waals surface area contributed by atoms with Crippen molar-refractivity contribution in [3.05, 3.63) is 28.8 Å². The fourth-order valence-corrected chi connectivity index (χ4v) is 4.72. The van der Waals surface area contributed by atoms with Gasteiger partial charge in [0, 0.05) is 5.56 Å². The van der Waals surface area contributed by atoms with Crippen LogP contribution in [0.15, 0.2) is 18.2 Å². The van der Waals surface area contributed by atoms with Crippen LogP contribution in [0.5, 0.6) is 5.75 Å². The summed E-state index contributed by atoms with van der Waals surface area (Å²) in [7, 11) is -1.89. The van der Waals surface area contributed by atoms with E-state index < -0.39 is 21.4 Å². The van der Waals surface area contributed by atoms with Gasteiger partial charge in [0.1, 0.15) is 17.3 Å². The van der Waals surface area contributed by atoms with Gasteiger partial charge in [0.2, 0.25) is 0 Å². The third-order valence-corrected chi connectivity index (χ3v) is 5.70. The molecule has 0 bridgehead atoms. The van der Waals surface area contributed by atoms with E-state index in [-0.39, 0.29) is 28.5 Å². The molecule has 0 amide bonds. The van der Waals surface area contributed by atoms with Crippen molar-refractivity contribution < 1.29 is 18.3 Å². The number of sulfone groups is 1. The number of nitrogens with zero attached hydrogens (tertiary/aromatic N) is 1. The van der Waals surface area contributed by atoms with Gasteiger partial charge in [0.15, 0.2) is 9.84 Å². The number of hydrogen-bond acceptors (Lipinski definition) is 5. The molecule has 0 saturated carbocycles. The van der Waals surface area contributed by atoms with Crippen molar-refractivity contribution in [2.24, 2.45) is 5.41 Å². The third-order valence-electron chi connectivity index (χ3n) is 3.59. The molecule has 7 heteroatoms. The number of ether oxygens (including phenoxy) is 1. The Morgan fingerprint density at radius 3 is 2.75 bits per heavy atom. The van der Waals surface area contributed by atoms with Gasteiger partial charge in [-0.2, -0.15) is 5.26 Å². The molecule has 5 nitrogen and oxygen atoms in total. The zero-order chi connectivity index (χ0) is 15.0. The molecule has 1 heterocycles. The van der Waals surface area contributed by atoms with E-state index in [0.717, 1.165) is 0 Å². The summed E-state index contributed by atoms with van der Waals surface area (Å²) in [4.78, 5) is 0. The lowest BCUT2D eigenvalue weighted by Gasteiger charge is -2.27. The van der Waals surface area contributed by atoms with Crippen molar-refractivity contribution in [3.8, 4) is 11.8 Å². The van der Waals surface area contributed by atoms with Crippen LogP contribution >= 0.6 is 11.6 Å². The van der Waals surface area contributed by atoms with Crippen molar-refractivity contribution >= 4 is 21.4 Å². The van der Waals surface area contributed by atoms with E-state index in [4.69, 9.17) is 16.3 Å². The fourth-order valence-electron chi connectivity index (χ4n) is 2.48. The van der Waals surface area contributed by atoms with Crippen molar-refractivity contribution in [2.75, 3.05) is 18.6 Å². The first-order valence-electron chi connectivity index (χ1n) is 5.97. The normalized spacial score (nSPS) is 25.9. The Hall–Kier alpha value is -1.29. The highest BCUT2D eigenvalue weighted by Gasteiger charge is 2.49. The number of aliphatic hydroxyl groups is 1. The van der Waals surface area contributed by atoms with E-state index in [2.05, 4.69) is 0 Å². The molecular weight excluding hydrogens is 302 g/mol. The Morgan fingerprint density at radius 1 is 1.55 bits per heavy atom. The number of methoxy groups -OCH3 is 1. The van der Waals surface area contributed by atoms with Crippen LogP contribution in [0.1, 0.15) is 18.1 Å². The zero-order valence-corrected chi connectivity index (χ0v) is 12.4. The van der Waals surface area contributed by atoms with Crippen LogP contribution in [0, 0.1) is 16.7 Å². The molecule has 1 saturated heterocycles. The second-order valence-electron chi connectivity index (χ2n) is 4.87. The first kappa shape index (κ1) is 15.1. The quantitative estimate of drug-likeness (QED) is 0.917. The summed E-state index contributed by atoms with van der Waals surface area (Å²) >= 11 is 6.07. The van der Waals surface area contributed by atoms with Gasteiger partial charge in [-0.1, -0.05) is 17.7 Å². The monoisotopic (exact) mass is 315 g/mol. The summed E-state index contributed by atoms with van der Waals surface area (Å²) in [6.45, 7) is 0. The van der Waals surface area contributed by atoms with E-state index in [1.165, 1.54) is 7.11 Å². The highest BCUT2D eigenvalue weighted by Crippen LogP contribution is 2.47. The minimum Gasteiger partial charge on any atom is -0.496 e. The predicted octanol–water partition coefficient (Wildman–Crippen LogP) is 1.71. The molecule has 0 spiro atoms. The smallest absolute Gasteiger partial charge is 0.152 e. The van der Waals surface area contributed by atoms with Gasteiger partial charge in [-0.05, 0) is 18.6 Å². The zero-order valence-electron chi connectivity index (χ0n) is 10.8. The molecule has 1 aliphatic rings. The highest BCUT2D eigenvalue weighted by molar-refractivity contribution is 7.91. The average Bonchev–Trinajstić information content (AvgIpc) is 2.74. The molecule has 1 aromatic rings. The molecule has 1 aliphatic heterocycles. The largest absolute Gasteiger partial charge is 0.496 e. The Labute approximate surface area is 122 Å². The van der Waals surface area contributed by atoms with Crippen LogP contribution in [0.3, 0.4) is 0 Å². The number of aliphatic hydroxyl groups excluding tert-OH is 1. The Bertz CT molecular complexity index is 667. The lowest BCUT2D eigenvalue weighted by atomic mass is 9.79. The van der Waals surface area contributed by atoms with Crippen LogP contribution in [0.25, 0.3) is 0 Å². The number of nitriles is 1. The van der Waals surface area contributed by atoms with E-state index in [1.807, 2.05) is 6.07 Å². The maximum Gasteiger partial charge on any atom is 0.152 e. The van der Waals surface area contributed by atoms with E-state index in [1.54, 1.807) is 18.2 Å². The second kappa shape index (κ2) is 5.24.